The molecular formula is C25H35NO3S. The summed E-state index contributed by atoms with van der Waals surface area (Å²) in [6, 6.07) is 15.9. The molecular weight excluding hydrogens is 394 g/mol. The van der Waals surface area contributed by atoms with Crippen molar-refractivity contribution in [2.24, 2.45) is 0 Å². The smallest absolute Gasteiger partial charge is 0.294 e. The first kappa shape index (κ1) is 23.0. The van der Waals surface area contributed by atoms with Crippen molar-refractivity contribution < 1.29 is 13.0 Å². The van der Waals surface area contributed by atoms with Crippen LogP contribution in [0.25, 0.3) is 0 Å². The number of benzene rings is 2. The normalized spacial score (nSPS) is 22.8. The fourth-order valence-electron chi connectivity index (χ4n) is 4.79. The van der Waals surface area contributed by atoms with Gasteiger partial charge in [-0.05, 0) is 94.6 Å². The molecule has 2 aromatic rings. The molecule has 0 aromatic heterocycles. The van der Waals surface area contributed by atoms with Gasteiger partial charge in [0.2, 0.25) is 0 Å². The Kier molecular flexibility index (Phi) is 8.09. The van der Waals surface area contributed by atoms with E-state index in [-0.39, 0.29) is 4.90 Å². The van der Waals surface area contributed by atoms with Gasteiger partial charge in [-0.3, -0.25) is 4.55 Å². The first-order valence-corrected chi connectivity index (χ1v) is 12.6. The molecule has 0 radical (unpaired) electrons. The minimum absolute atomic E-state index is 0.0666. The Morgan fingerprint density at radius 1 is 0.833 bits per heavy atom. The Morgan fingerprint density at radius 3 is 2.00 bits per heavy atom. The zero-order chi connectivity index (χ0) is 21.6. The van der Waals surface area contributed by atoms with Gasteiger partial charge >= 0.3 is 0 Å². The SMILES string of the molecule is Cc1ccc(S(=O)(=O)O)cc1.Cc1ccccc1C1CCC(N2CCCCC2)CC1. The third-order valence-corrected chi connectivity index (χ3v) is 7.42. The van der Waals surface area contributed by atoms with Gasteiger partial charge in [0.1, 0.15) is 0 Å². The molecule has 4 nitrogen and oxygen atoms in total. The maximum absolute atomic E-state index is 10.5. The van der Waals surface area contributed by atoms with Crippen molar-refractivity contribution in [3.63, 3.8) is 0 Å². The first-order chi connectivity index (χ1) is 14.3. The Hall–Kier alpha value is -1.69. The van der Waals surface area contributed by atoms with Crippen LogP contribution in [-0.2, 0) is 10.1 Å². The van der Waals surface area contributed by atoms with Crippen LogP contribution in [0.1, 0.15) is 67.6 Å². The third-order valence-electron chi connectivity index (χ3n) is 6.55. The topological polar surface area (TPSA) is 57.6 Å². The van der Waals surface area contributed by atoms with Crippen molar-refractivity contribution in [3.8, 4) is 0 Å². The fourth-order valence-corrected chi connectivity index (χ4v) is 5.27. The largest absolute Gasteiger partial charge is 0.300 e. The molecule has 2 aromatic carbocycles. The van der Waals surface area contributed by atoms with E-state index in [9.17, 15) is 8.42 Å². The molecule has 2 fully saturated rings. The van der Waals surface area contributed by atoms with Gasteiger partial charge in [0.25, 0.3) is 10.1 Å². The number of likely N-dealkylation sites (tertiary alicyclic amines) is 1. The molecule has 1 saturated heterocycles. The van der Waals surface area contributed by atoms with Crippen LogP contribution in [0.3, 0.4) is 0 Å². The number of piperidine rings is 1. The van der Waals surface area contributed by atoms with E-state index < -0.39 is 10.1 Å². The lowest BCUT2D eigenvalue weighted by Crippen LogP contribution is -2.41. The van der Waals surface area contributed by atoms with Crippen LogP contribution in [-0.4, -0.2) is 37.0 Å². The third kappa shape index (κ3) is 6.40. The van der Waals surface area contributed by atoms with E-state index in [0.29, 0.717) is 0 Å². The van der Waals surface area contributed by atoms with Crippen LogP contribution < -0.4 is 0 Å². The van der Waals surface area contributed by atoms with E-state index in [0.717, 1.165) is 17.5 Å². The minimum atomic E-state index is -4.02. The Morgan fingerprint density at radius 2 is 1.43 bits per heavy atom. The van der Waals surface area contributed by atoms with Gasteiger partial charge < -0.3 is 4.90 Å². The number of rotatable bonds is 3. The maximum Gasteiger partial charge on any atom is 0.294 e. The van der Waals surface area contributed by atoms with Gasteiger partial charge in [-0.15, -0.1) is 0 Å². The van der Waals surface area contributed by atoms with E-state index >= 15 is 0 Å². The molecule has 4 rings (SSSR count). The highest BCUT2D eigenvalue weighted by Gasteiger charge is 2.27. The summed E-state index contributed by atoms with van der Waals surface area (Å²) in [4.78, 5) is 2.71. The summed E-state index contributed by atoms with van der Waals surface area (Å²) in [6.07, 6.45) is 9.93. The molecule has 0 spiro atoms. The first-order valence-electron chi connectivity index (χ1n) is 11.2. The Labute approximate surface area is 182 Å². The molecule has 1 saturated carbocycles. The van der Waals surface area contributed by atoms with E-state index in [4.69, 9.17) is 4.55 Å². The van der Waals surface area contributed by atoms with Crippen LogP contribution in [0.5, 0.6) is 0 Å². The summed E-state index contributed by atoms with van der Waals surface area (Å²) < 4.78 is 29.6. The molecule has 1 N–H and O–H groups in total. The van der Waals surface area contributed by atoms with Gasteiger partial charge in [0.05, 0.1) is 4.90 Å². The molecule has 0 atom stereocenters. The monoisotopic (exact) mass is 429 g/mol. The highest BCUT2D eigenvalue weighted by Crippen LogP contribution is 2.36. The fraction of sp³-hybridized carbons (Fsp3) is 0.520. The number of hydrogen-bond donors (Lipinski definition) is 1. The summed E-state index contributed by atoms with van der Waals surface area (Å²) in [6.45, 7) is 6.83. The number of nitrogens with zero attached hydrogens (tertiary/aromatic N) is 1. The van der Waals surface area contributed by atoms with Crippen LogP contribution >= 0.6 is 0 Å². The van der Waals surface area contributed by atoms with Crippen molar-refractivity contribution in [3.05, 3.63) is 65.2 Å². The molecule has 0 bridgehead atoms. The molecule has 1 aliphatic carbocycles. The van der Waals surface area contributed by atoms with E-state index in [1.54, 1.807) is 17.7 Å². The van der Waals surface area contributed by atoms with Crippen LogP contribution in [0.15, 0.2) is 53.4 Å². The highest BCUT2D eigenvalue weighted by molar-refractivity contribution is 7.85. The van der Waals surface area contributed by atoms with Gasteiger partial charge in [-0.25, -0.2) is 0 Å². The van der Waals surface area contributed by atoms with E-state index in [1.165, 1.54) is 75.7 Å². The molecule has 0 unspecified atom stereocenters. The standard InChI is InChI=1S/C18H27N.C7H8O3S/c1-15-7-3-4-8-18(15)16-9-11-17(12-10-16)19-13-5-2-6-14-19;1-6-2-4-7(5-3-6)11(8,9)10/h3-4,7-8,16-17H,2,5-6,9-14H2,1H3;2-5H,1H3,(H,8,9,10). The minimum Gasteiger partial charge on any atom is -0.300 e. The highest BCUT2D eigenvalue weighted by atomic mass is 32.2. The summed E-state index contributed by atoms with van der Waals surface area (Å²) >= 11 is 0. The van der Waals surface area contributed by atoms with Crippen molar-refractivity contribution in [1.29, 1.82) is 0 Å². The van der Waals surface area contributed by atoms with Gasteiger partial charge in [-0.1, -0.05) is 48.4 Å². The quantitative estimate of drug-likeness (QED) is 0.631. The summed E-state index contributed by atoms with van der Waals surface area (Å²) in [5.41, 5.74) is 4.06. The van der Waals surface area contributed by atoms with Crippen LogP contribution in [0.2, 0.25) is 0 Å². The molecule has 1 heterocycles. The summed E-state index contributed by atoms with van der Waals surface area (Å²) in [5, 5.41) is 0. The van der Waals surface area contributed by atoms with Crippen molar-refractivity contribution in [2.75, 3.05) is 13.1 Å². The summed E-state index contributed by atoms with van der Waals surface area (Å²) in [5.74, 6) is 0.822. The lowest BCUT2D eigenvalue weighted by atomic mass is 9.79. The van der Waals surface area contributed by atoms with Gasteiger partial charge in [-0.2, -0.15) is 8.42 Å². The second kappa shape index (κ2) is 10.6. The maximum atomic E-state index is 10.5. The second-order valence-corrected chi connectivity index (χ2v) is 10.2. The summed E-state index contributed by atoms with van der Waals surface area (Å²) in [7, 11) is -4.02. The van der Waals surface area contributed by atoms with Crippen molar-refractivity contribution >= 4 is 10.1 Å². The van der Waals surface area contributed by atoms with Gasteiger partial charge in [0, 0.05) is 6.04 Å². The van der Waals surface area contributed by atoms with Crippen LogP contribution in [0, 0.1) is 13.8 Å². The predicted octanol–water partition coefficient (Wildman–Crippen LogP) is 5.75. The van der Waals surface area contributed by atoms with E-state index in [2.05, 4.69) is 36.1 Å². The van der Waals surface area contributed by atoms with Crippen LogP contribution in [0.4, 0.5) is 0 Å². The zero-order valence-electron chi connectivity index (χ0n) is 18.3. The lowest BCUT2D eigenvalue weighted by molar-refractivity contribution is 0.125. The molecule has 0 amide bonds. The number of aryl methyl sites for hydroxylation is 2. The molecule has 30 heavy (non-hydrogen) atoms. The molecule has 2 aliphatic rings. The van der Waals surface area contributed by atoms with Crippen molar-refractivity contribution in [1.82, 2.24) is 4.90 Å². The lowest BCUT2D eigenvalue weighted by Gasteiger charge is -2.39. The second-order valence-electron chi connectivity index (χ2n) is 8.75. The van der Waals surface area contributed by atoms with Crippen molar-refractivity contribution in [2.45, 2.75) is 75.6 Å². The molecule has 164 valence electrons. The molecule has 1 aliphatic heterocycles. The average Bonchev–Trinajstić information content (AvgIpc) is 2.75. The van der Waals surface area contributed by atoms with E-state index in [1.807, 2.05) is 6.92 Å². The predicted molar refractivity (Wildman–Crippen MR) is 123 cm³/mol. The average molecular weight is 430 g/mol. The number of hydrogen-bond acceptors (Lipinski definition) is 3. The zero-order valence-corrected chi connectivity index (χ0v) is 19.1. The van der Waals surface area contributed by atoms with Gasteiger partial charge in [0.15, 0.2) is 0 Å². The Balaban J connectivity index is 0.000000199. The Bertz CT molecular complexity index is 894. The molecule has 5 heteroatoms.